The molecular weight excluding hydrogens is 411 g/mol. The summed E-state index contributed by atoms with van der Waals surface area (Å²) in [5, 5.41) is 0.475. The molecule has 0 spiro atoms. The Bertz CT molecular complexity index is 1000. The Hall–Kier alpha value is -2.40. The van der Waals surface area contributed by atoms with Crippen LogP contribution in [-0.4, -0.2) is 29.5 Å². The number of nitrogens with zero attached hydrogens (tertiary/aromatic N) is 2. The van der Waals surface area contributed by atoms with Gasteiger partial charge in [-0.2, -0.15) is 0 Å². The van der Waals surface area contributed by atoms with E-state index >= 15 is 0 Å². The molecule has 1 saturated heterocycles. The van der Waals surface area contributed by atoms with Gasteiger partial charge in [-0.05, 0) is 54.8 Å². The summed E-state index contributed by atoms with van der Waals surface area (Å²) in [6, 6.07) is 21.6. The Balaban J connectivity index is 1.64. The standard InChI is InChI=1S/C26H28ClFN2O/c1-3-31-22-13-11-20(12-14-22)26-29(17-21-8-5-4-7-19(21)2)15-16-30(26)18-23-24(27)9-6-10-25(23)28/h4-14,26H,3,15-18H2,1-2H3. The fourth-order valence-electron chi connectivity index (χ4n) is 4.28. The van der Waals surface area contributed by atoms with Gasteiger partial charge in [-0.1, -0.05) is 54.1 Å². The largest absolute Gasteiger partial charge is 0.494 e. The number of hydrogen-bond donors (Lipinski definition) is 0. The Morgan fingerprint density at radius 1 is 0.935 bits per heavy atom. The molecule has 1 aliphatic heterocycles. The lowest BCUT2D eigenvalue weighted by Crippen LogP contribution is -2.31. The van der Waals surface area contributed by atoms with Crippen LogP contribution in [0.1, 0.15) is 35.3 Å². The van der Waals surface area contributed by atoms with E-state index in [1.165, 1.54) is 22.8 Å². The van der Waals surface area contributed by atoms with E-state index in [-0.39, 0.29) is 12.0 Å². The highest BCUT2D eigenvalue weighted by molar-refractivity contribution is 6.31. The Morgan fingerprint density at radius 3 is 2.32 bits per heavy atom. The Labute approximate surface area is 189 Å². The van der Waals surface area contributed by atoms with E-state index < -0.39 is 0 Å². The summed E-state index contributed by atoms with van der Waals surface area (Å²) in [6.45, 7) is 7.81. The number of hydrogen-bond acceptors (Lipinski definition) is 3. The van der Waals surface area contributed by atoms with Crippen molar-refractivity contribution in [2.45, 2.75) is 33.1 Å². The third kappa shape index (κ3) is 4.93. The molecular formula is C26H28ClFN2O. The average Bonchev–Trinajstić information content (AvgIpc) is 3.15. The van der Waals surface area contributed by atoms with Gasteiger partial charge in [-0.15, -0.1) is 0 Å². The van der Waals surface area contributed by atoms with Gasteiger partial charge in [0.05, 0.1) is 12.8 Å². The summed E-state index contributed by atoms with van der Waals surface area (Å²) in [7, 11) is 0. The minimum Gasteiger partial charge on any atom is -0.494 e. The Morgan fingerprint density at radius 2 is 1.65 bits per heavy atom. The highest BCUT2D eigenvalue weighted by Crippen LogP contribution is 2.35. The SMILES string of the molecule is CCOc1ccc(C2N(Cc3ccccc3C)CCN2Cc2c(F)cccc2Cl)cc1. The maximum atomic E-state index is 14.5. The van der Waals surface area contributed by atoms with Crippen LogP contribution >= 0.6 is 11.6 Å². The first-order chi connectivity index (χ1) is 15.1. The molecule has 5 heteroatoms. The number of benzene rings is 3. The molecule has 0 amide bonds. The van der Waals surface area contributed by atoms with Gasteiger partial charge in [-0.3, -0.25) is 9.80 Å². The number of ether oxygens (including phenoxy) is 1. The number of halogens is 2. The van der Waals surface area contributed by atoms with Crippen LogP contribution in [0.25, 0.3) is 0 Å². The molecule has 0 aromatic heterocycles. The molecule has 0 N–H and O–H groups in total. The predicted molar refractivity (Wildman–Crippen MR) is 124 cm³/mol. The quantitative estimate of drug-likeness (QED) is 0.436. The second-order valence-corrected chi connectivity index (χ2v) is 8.35. The van der Waals surface area contributed by atoms with E-state index in [1.54, 1.807) is 12.1 Å². The molecule has 0 radical (unpaired) electrons. The van der Waals surface area contributed by atoms with Gasteiger partial charge in [0.1, 0.15) is 11.6 Å². The molecule has 0 aliphatic carbocycles. The van der Waals surface area contributed by atoms with Gasteiger partial charge in [-0.25, -0.2) is 4.39 Å². The van der Waals surface area contributed by atoms with Crippen LogP contribution < -0.4 is 4.74 Å². The smallest absolute Gasteiger partial charge is 0.129 e. The van der Waals surface area contributed by atoms with Gasteiger partial charge in [0.25, 0.3) is 0 Å². The fraction of sp³-hybridized carbons (Fsp3) is 0.308. The van der Waals surface area contributed by atoms with Crippen molar-refractivity contribution in [1.29, 1.82) is 0 Å². The van der Waals surface area contributed by atoms with Crippen molar-refractivity contribution >= 4 is 11.6 Å². The summed E-state index contributed by atoms with van der Waals surface area (Å²) in [6.07, 6.45) is 0.0333. The average molecular weight is 439 g/mol. The zero-order valence-corrected chi connectivity index (χ0v) is 18.8. The molecule has 1 unspecified atom stereocenters. The van der Waals surface area contributed by atoms with Crippen LogP contribution in [0.4, 0.5) is 4.39 Å². The van der Waals surface area contributed by atoms with E-state index in [1.807, 2.05) is 19.1 Å². The van der Waals surface area contributed by atoms with E-state index in [2.05, 4.69) is 53.1 Å². The van der Waals surface area contributed by atoms with Gasteiger partial charge in [0.15, 0.2) is 0 Å². The molecule has 3 nitrogen and oxygen atoms in total. The van der Waals surface area contributed by atoms with Crippen molar-refractivity contribution < 1.29 is 9.13 Å². The van der Waals surface area contributed by atoms with Crippen LogP contribution in [0.2, 0.25) is 5.02 Å². The summed E-state index contributed by atoms with van der Waals surface area (Å²) >= 11 is 6.35. The third-order valence-electron chi connectivity index (χ3n) is 5.91. The summed E-state index contributed by atoms with van der Waals surface area (Å²) in [5.74, 6) is 0.605. The van der Waals surface area contributed by atoms with E-state index in [0.29, 0.717) is 23.7 Å². The highest BCUT2D eigenvalue weighted by atomic mass is 35.5. The molecule has 1 fully saturated rings. The Kier molecular flexibility index (Phi) is 6.91. The maximum Gasteiger partial charge on any atom is 0.129 e. The van der Waals surface area contributed by atoms with Crippen molar-refractivity contribution in [2.75, 3.05) is 19.7 Å². The van der Waals surface area contributed by atoms with Crippen molar-refractivity contribution in [3.05, 3.63) is 99.8 Å². The first-order valence-corrected chi connectivity index (χ1v) is 11.1. The molecule has 162 valence electrons. The van der Waals surface area contributed by atoms with Crippen LogP contribution in [-0.2, 0) is 13.1 Å². The molecule has 3 aromatic rings. The summed E-state index contributed by atoms with van der Waals surface area (Å²) in [5.41, 5.74) is 4.31. The topological polar surface area (TPSA) is 15.7 Å². The molecule has 1 heterocycles. The van der Waals surface area contributed by atoms with Crippen molar-refractivity contribution in [3.8, 4) is 5.75 Å². The van der Waals surface area contributed by atoms with Gasteiger partial charge < -0.3 is 4.74 Å². The number of rotatable bonds is 7. The molecule has 0 bridgehead atoms. The maximum absolute atomic E-state index is 14.5. The van der Waals surface area contributed by atoms with Crippen LogP contribution in [0.3, 0.4) is 0 Å². The number of aryl methyl sites for hydroxylation is 1. The molecule has 31 heavy (non-hydrogen) atoms. The molecule has 4 rings (SSSR count). The fourth-order valence-corrected chi connectivity index (χ4v) is 4.50. The van der Waals surface area contributed by atoms with Gasteiger partial charge in [0, 0.05) is 36.8 Å². The van der Waals surface area contributed by atoms with Crippen LogP contribution in [0, 0.1) is 12.7 Å². The highest BCUT2D eigenvalue weighted by Gasteiger charge is 2.34. The molecule has 0 saturated carbocycles. The normalized spacial score (nSPS) is 17.2. The molecule has 3 aromatic carbocycles. The monoisotopic (exact) mass is 438 g/mol. The molecule has 1 atom stereocenters. The zero-order valence-electron chi connectivity index (χ0n) is 18.0. The van der Waals surface area contributed by atoms with E-state index in [9.17, 15) is 4.39 Å². The predicted octanol–water partition coefficient (Wildman–Crippen LogP) is 6.20. The minimum atomic E-state index is -0.254. The lowest BCUT2D eigenvalue weighted by Gasteiger charge is -2.31. The summed E-state index contributed by atoms with van der Waals surface area (Å²) in [4.78, 5) is 4.75. The van der Waals surface area contributed by atoms with Gasteiger partial charge in [0.2, 0.25) is 0 Å². The lowest BCUT2D eigenvalue weighted by atomic mass is 10.1. The minimum absolute atomic E-state index is 0.0333. The van der Waals surface area contributed by atoms with Crippen LogP contribution in [0.15, 0.2) is 66.7 Å². The van der Waals surface area contributed by atoms with Crippen LogP contribution in [0.5, 0.6) is 5.75 Å². The van der Waals surface area contributed by atoms with E-state index in [4.69, 9.17) is 16.3 Å². The van der Waals surface area contributed by atoms with Crippen molar-refractivity contribution in [2.24, 2.45) is 0 Å². The second-order valence-electron chi connectivity index (χ2n) is 7.94. The van der Waals surface area contributed by atoms with E-state index in [0.717, 1.165) is 25.4 Å². The third-order valence-corrected chi connectivity index (χ3v) is 6.27. The second kappa shape index (κ2) is 9.82. The first-order valence-electron chi connectivity index (χ1n) is 10.7. The lowest BCUT2D eigenvalue weighted by molar-refractivity contribution is 0.124. The van der Waals surface area contributed by atoms with Gasteiger partial charge >= 0.3 is 0 Å². The first kappa shape index (κ1) is 21.8. The molecule has 1 aliphatic rings. The van der Waals surface area contributed by atoms with Crippen molar-refractivity contribution in [1.82, 2.24) is 9.80 Å². The summed E-state index contributed by atoms with van der Waals surface area (Å²) < 4.78 is 20.1. The zero-order chi connectivity index (χ0) is 21.8. The van der Waals surface area contributed by atoms with Crippen molar-refractivity contribution in [3.63, 3.8) is 0 Å².